The molecule has 2 N–H and O–H groups in total. The quantitative estimate of drug-likeness (QED) is 0.538. The van der Waals surface area contributed by atoms with Gasteiger partial charge in [-0.2, -0.15) is 0 Å². The summed E-state index contributed by atoms with van der Waals surface area (Å²) in [5.41, 5.74) is 2.71. The number of amides is 2. The van der Waals surface area contributed by atoms with Gasteiger partial charge < -0.3 is 15.4 Å². The standard InChI is InChI=1S/C22H18Cl2N2O3/c1-13-6-3-4-9-17(13)21(27)25-15-7-5-8-16(12-15)26-22(28)18-10-14(23)11-19(24)20(18)29-2/h3-12H,1-2H3,(H,25,27)(H,26,28). The molecular weight excluding hydrogens is 411 g/mol. The monoisotopic (exact) mass is 428 g/mol. The van der Waals surface area contributed by atoms with E-state index in [0.717, 1.165) is 5.56 Å². The zero-order chi connectivity index (χ0) is 21.0. The predicted molar refractivity (Wildman–Crippen MR) is 117 cm³/mol. The molecule has 0 aromatic heterocycles. The van der Waals surface area contributed by atoms with Gasteiger partial charge in [-0.3, -0.25) is 9.59 Å². The van der Waals surface area contributed by atoms with Crippen LogP contribution in [0.15, 0.2) is 60.7 Å². The fourth-order valence-electron chi connectivity index (χ4n) is 2.84. The van der Waals surface area contributed by atoms with Crippen molar-refractivity contribution in [1.82, 2.24) is 0 Å². The van der Waals surface area contributed by atoms with Gasteiger partial charge >= 0.3 is 0 Å². The fraction of sp³-hybridized carbons (Fsp3) is 0.0909. The second-order valence-electron chi connectivity index (χ2n) is 6.27. The highest BCUT2D eigenvalue weighted by atomic mass is 35.5. The third-order valence-corrected chi connectivity index (χ3v) is 4.72. The third-order valence-electron chi connectivity index (χ3n) is 4.23. The predicted octanol–water partition coefficient (Wildman–Crippen LogP) is 5.82. The Hall–Kier alpha value is -3.02. The Morgan fingerprint density at radius 2 is 1.45 bits per heavy atom. The number of rotatable bonds is 5. The van der Waals surface area contributed by atoms with Crippen LogP contribution in [-0.2, 0) is 0 Å². The summed E-state index contributed by atoms with van der Waals surface area (Å²) < 4.78 is 5.22. The number of halogens is 2. The molecule has 0 saturated carbocycles. The van der Waals surface area contributed by atoms with Crippen LogP contribution in [0.5, 0.6) is 5.75 Å². The van der Waals surface area contributed by atoms with Crippen molar-refractivity contribution in [3.63, 3.8) is 0 Å². The zero-order valence-corrected chi connectivity index (χ0v) is 17.3. The number of methoxy groups -OCH3 is 1. The molecule has 7 heteroatoms. The van der Waals surface area contributed by atoms with E-state index in [2.05, 4.69) is 10.6 Å². The number of anilines is 2. The highest BCUT2D eigenvalue weighted by Gasteiger charge is 2.17. The molecule has 3 aromatic rings. The van der Waals surface area contributed by atoms with Crippen LogP contribution in [0.25, 0.3) is 0 Å². The van der Waals surface area contributed by atoms with Gasteiger partial charge in [-0.05, 0) is 48.9 Å². The Morgan fingerprint density at radius 1 is 0.828 bits per heavy atom. The minimum absolute atomic E-state index is 0.208. The first-order valence-corrected chi connectivity index (χ1v) is 9.46. The Bertz CT molecular complexity index is 1080. The van der Waals surface area contributed by atoms with Gasteiger partial charge in [0.05, 0.1) is 17.7 Å². The summed E-state index contributed by atoms with van der Waals surface area (Å²) >= 11 is 12.1. The Morgan fingerprint density at radius 3 is 2.07 bits per heavy atom. The highest BCUT2D eigenvalue weighted by molar-refractivity contribution is 6.36. The van der Waals surface area contributed by atoms with Crippen LogP contribution < -0.4 is 15.4 Å². The van der Waals surface area contributed by atoms with Crippen molar-refractivity contribution in [3.8, 4) is 5.75 Å². The summed E-state index contributed by atoms with van der Waals surface area (Å²) in [5.74, 6) is -0.430. The smallest absolute Gasteiger partial charge is 0.259 e. The molecule has 3 rings (SSSR count). The average molecular weight is 429 g/mol. The van der Waals surface area contributed by atoms with Crippen molar-refractivity contribution in [3.05, 3.63) is 87.4 Å². The molecule has 0 atom stereocenters. The number of carbonyl (C=O) groups is 2. The number of carbonyl (C=O) groups excluding carboxylic acids is 2. The Labute approximate surface area is 178 Å². The minimum Gasteiger partial charge on any atom is -0.494 e. The largest absolute Gasteiger partial charge is 0.494 e. The van der Waals surface area contributed by atoms with Gasteiger partial charge in [-0.25, -0.2) is 0 Å². The lowest BCUT2D eigenvalue weighted by Crippen LogP contribution is -2.15. The molecule has 0 spiro atoms. The van der Waals surface area contributed by atoms with Crippen molar-refractivity contribution >= 4 is 46.4 Å². The van der Waals surface area contributed by atoms with Gasteiger partial charge in [0.2, 0.25) is 0 Å². The van der Waals surface area contributed by atoms with Gasteiger partial charge in [-0.1, -0.05) is 47.5 Å². The molecule has 29 heavy (non-hydrogen) atoms. The number of hydrogen-bond donors (Lipinski definition) is 2. The molecule has 0 aliphatic rings. The summed E-state index contributed by atoms with van der Waals surface area (Å²) in [6.07, 6.45) is 0. The molecule has 0 saturated heterocycles. The highest BCUT2D eigenvalue weighted by Crippen LogP contribution is 2.32. The van der Waals surface area contributed by atoms with E-state index in [1.54, 1.807) is 30.3 Å². The normalized spacial score (nSPS) is 10.3. The first-order chi connectivity index (χ1) is 13.9. The Balaban J connectivity index is 1.79. The molecule has 5 nitrogen and oxygen atoms in total. The Kier molecular flexibility index (Phi) is 6.42. The summed E-state index contributed by atoms with van der Waals surface area (Å²) in [6.45, 7) is 1.87. The average Bonchev–Trinajstić information content (AvgIpc) is 2.68. The van der Waals surface area contributed by atoms with Crippen molar-refractivity contribution in [1.29, 1.82) is 0 Å². The molecule has 0 radical (unpaired) electrons. The van der Waals surface area contributed by atoms with Gasteiger partial charge in [0, 0.05) is 22.0 Å². The summed E-state index contributed by atoms with van der Waals surface area (Å²) in [7, 11) is 1.42. The number of benzene rings is 3. The molecule has 0 aliphatic carbocycles. The molecule has 3 aromatic carbocycles. The molecule has 0 heterocycles. The molecule has 148 valence electrons. The van der Waals surface area contributed by atoms with E-state index in [0.29, 0.717) is 22.0 Å². The van der Waals surface area contributed by atoms with E-state index in [9.17, 15) is 9.59 Å². The van der Waals surface area contributed by atoms with Crippen LogP contribution >= 0.6 is 23.2 Å². The topological polar surface area (TPSA) is 67.4 Å². The number of hydrogen-bond acceptors (Lipinski definition) is 3. The lowest BCUT2D eigenvalue weighted by atomic mass is 10.1. The minimum atomic E-state index is -0.436. The molecule has 0 aliphatic heterocycles. The van der Waals surface area contributed by atoms with Crippen LogP contribution in [0, 0.1) is 6.92 Å². The van der Waals surface area contributed by atoms with Crippen LogP contribution in [0.4, 0.5) is 11.4 Å². The van der Waals surface area contributed by atoms with Crippen molar-refractivity contribution < 1.29 is 14.3 Å². The lowest BCUT2D eigenvalue weighted by Gasteiger charge is -2.13. The number of nitrogens with one attached hydrogen (secondary N) is 2. The molecule has 0 unspecified atom stereocenters. The summed E-state index contributed by atoms with van der Waals surface area (Å²) in [4.78, 5) is 25.2. The van der Waals surface area contributed by atoms with Gasteiger partial charge in [-0.15, -0.1) is 0 Å². The van der Waals surface area contributed by atoms with Gasteiger partial charge in [0.15, 0.2) is 0 Å². The molecule has 2 amide bonds. The maximum Gasteiger partial charge on any atom is 0.259 e. The lowest BCUT2D eigenvalue weighted by molar-refractivity contribution is 0.101. The van der Waals surface area contributed by atoms with Crippen LogP contribution in [0.1, 0.15) is 26.3 Å². The van der Waals surface area contributed by atoms with Crippen molar-refractivity contribution in [2.45, 2.75) is 6.92 Å². The van der Waals surface area contributed by atoms with Crippen molar-refractivity contribution in [2.75, 3.05) is 17.7 Å². The van der Waals surface area contributed by atoms with Crippen LogP contribution in [-0.4, -0.2) is 18.9 Å². The fourth-order valence-corrected chi connectivity index (χ4v) is 3.41. The second-order valence-corrected chi connectivity index (χ2v) is 7.12. The summed E-state index contributed by atoms with van der Waals surface area (Å²) in [5, 5.41) is 6.16. The first kappa shape index (κ1) is 20.7. The van der Waals surface area contributed by atoms with Crippen LogP contribution in [0.3, 0.4) is 0 Å². The maximum atomic E-state index is 12.7. The second kappa shape index (κ2) is 8.99. The molecule has 0 fully saturated rings. The van der Waals surface area contributed by atoms with E-state index in [1.165, 1.54) is 19.2 Å². The molecule has 0 bridgehead atoms. The van der Waals surface area contributed by atoms with Gasteiger partial charge in [0.1, 0.15) is 5.75 Å². The van der Waals surface area contributed by atoms with E-state index in [1.807, 2.05) is 25.1 Å². The first-order valence-electron chi connectivity index (χ1n) is 8.70. The third kappa shape index (κ3) is 4.88. The number of aryl methyl sites for hydroxylation is 1. The van der Waals surface area contributed by atoms with E-state index in [4.69, 9.17) is 27.9 Å². The number of ether oxygens (including phenoxy) is 1. The zero-order valence-electron chi connectivity index (χ0n) is 15.8. The SMILES string of the molecule is COc1c(Cl)cc(Cl)cc1C(=O)Nc1cccc(NC(=O)c2ccccc2C)c1. The maximum absolute atomic E-state index is 12.7. The van der Waals surface area contributed by atoms with E-state index >= 15 is 0 Å². The summed E-state index contributed by atoms with van der Waals surface area (Å²) in [6, 6.07) is 17.1. The van der Waals surface area contributed by atoms with Gasteiger partial charge in [0.25, 0.3) is 11.8 Å². The van der Waals surface area contributed by atoms with E-state index in [-0.39, 0.29) is 22.2 Å². The molecular formula is C22H18Cl2N2O3. The van der Waals surface area contributed by atoms with E-state index < -0.39 is 5.91 Å². The van der Waals surface area contributed by atoms with Crippen molar-refractivity contribution in [2.24, 2.45) is 0 Å². The van der Waals surface area contributed by atoms with Crippen LogP contribution in [0.2, 0.25) is 10.0 Å².